The minimum Gasteiger partial charge on any atom is -0.462 e. The Labute approximate surface area is 385 Å². The summed E-state index contributed by atoms with van der Waals surface area (Å²) < 4.78 is 10.8. The van der Waals surface area contributed by atoms with E-state index in [1.54, 1.807) is 12.2 Å². The third kappa shape index (κ3) is 18.7. The Morgan fingerprint density at radius 1 is 0.730 bits per heavy atom. The molecule has 0 N–H and O–H groups in total. The van der Waals surface area contributed by atoms with Gasteiger partial charge in [-0.3, -0.25) is 24.0 Å². The van der Waals surface area contributed by atoms with E-state index in [4.69, 9.17) is 9.47 Å². The highest BCUT2D eigenvalue weighted by atomic mass is 16.5. The summed E-state index contributed by atoms with van der Waals surface area (Å²) in [5.74, 6) is 2.22. The molecule has 4 aliphatic rings. The Bertz CT molecular complexity index is 1400. The molecule has 6 unspecified atom stereocenters. The number of hydrogen-bond acceptors (Lipinski definition) is 8. The molecule has 0 aliphatic heterocycles. The van der Waals surface area contributed by atoms with Crippen molar-refractivity contribution in [3.05, 3.63) is 23.8 Å². The molecule has 63 heavy (non-hydrogen) atoms. The van der Waals surface area contributed by atoms with Crippen LogP contribution in [-0.2, 0) is 33.4 Å². The van der Waals surface area contributed by atoms with Crippen LogP contribution in [0.15, 0.2) is 23.8 Å². The average molecular weight is 880 g/mol. The molecule has 3 saturated carbocycles. The first-order valence-electron chi connectivity index (χ1n) is 26.4. The van der Waals surface area contributed by atoms with Gasteiger partial charge in [0, 0.05) is 30.6 Å². The topological polar surface area (TPSA) is 107 Å². The molecule has 8 heteroatoms. The molecule has 0 aromatic rings. The zero-order valence-corrected chi connectivity index (χ0v) is 41.3. The number of ketones is 2. The van der Waals surface area contributed by atoms with E-state index >= 15 is 0 Å². The number of aldehydes is 1. The number of hydrogen-bond donors (Lipinski definition) is 0. The predicted molar refractivity (Wildman–Crippen MR) is 257 cm³/mol. The SMILES string of the molecule is CC1CCC2C3CCC4=CC(=O)C=CC4(C)C3C(=O)CC12C.CCCCCCCCC(CCCCCCCC)OC(=O)CCCCCN(CCCC)CCCCCC(=O)OCC=O. The number of Topliss-reactive ketones (excluding diaryl/α,β-unsaturated/α-hetero) is 1. The predicted octanol–water partition coefficient (Wildman–Crippen LogP) is 13.5. The van der Waals surface area contributed by atoms with Crippen molar-refractivity contribution in [1.82, 2.24) is 4.90 Å². The van der Waals surface area contributed by atoms with Crippen molar-refractivity contribution in [1.29, 1.82) is 0 Å². The van der Waals surface area contributed by atoms with Crippen molar-refractivity contribution >= 4 is 29.8 Å². The second-order valence-corrected chi connectivity index (χ2v) is 20.5. The molecule has 0 amide bonds. The molecule has 4 rings (SSSR count). The van der Waals surface area contributed by atoms with Gasteiger partial charge in [-0.15, -0.1) is 0 Å². The molecule has 0 bridgehead atoms. The number of nitrogens with zero attached hydrogens (tertiary/aromatic N) is 1. The van der Waals surface area contributed by atoms with Crippen molar-refractivity contribution in [2.24, 2.45) is 34.5 Å². The van der Waals surface area contributed by atoms with Gasteiger partial charge < -0.3 is 14.4 Å². The largest absolute Gasteiger partial charge is 0.462 e. The van der Waals surface area contributed by atoms with Gasteiger partial charge in [-0.25, -0.2) is 0 Å². The number of unbranched alkanes of at least 4 members (excludes halogenated alkanes) is 15. The van der Waals surface area contributed by atoms with Gasteiger partial charge in [0.15, 0.2) is 12.1 Å². The van der Waals surface area contributed by atoms with Gasteiger partial charge >= 0.3 is 11.9 Å². The maximum atomic E-state index is 13.1. The minimum atomic E-state index is -0.283. The molecular weight excluding hydrogens is 787 g/mol. The number of carbonyl (C=O) groups excluding carboxylic acids is 5. The fraction of sp³-hybridized carbons (Fsp3) is 0.836. The number of allylic oxidation sites excluding steroid dienone is 4. The summed E-state index contributed by atoms with van der Waals surface area (Å²) >= 11 is 0. The normalized spacial score (nSPS) is 24.9. The quantitative estimate of drug-likeness (QED) is 0.0373. The molecule has 4 aliphatic carbocycles. The lowest BCUT2D eigenvalue weighted by atomic mass is 9.47. The Hall–Kier alpha value is -2.61. The van der Waals surface area contributed by atoms with Crippen molar-refractivity contribution in [2.45, 2.75) is 234 Å². The van der Waals surface area contributed by atoms with Crippen LogP contribution in [0, 0.1) is 34.5 Å². The molecule has 0 spiro atoms. The smallest absolute Gasteiger partial charge is 0.306 e. The molecule has 360 valence electrons. The summed E-state index contributed by atoms with van der Waals surface area (Å²) in [5.41, 5.74) is 1.20. The fourth-order valence-corrected chi connectivity index (χ4v) is 11.6. The van der Waals surface area contributed by atoms with E-state index in [0.29, 0.717) is 42.7 Å². The highest BCUT2D eigenvalue weighted by Gasteiger charge is 2.60. The van der Waals surface area contributed by atoms with E-state index in [1.165, 1.54) is 108 Å². The highest BCUT2D eigenvalue weighted by molar-refractivity contribution is 6.01. The van der Waals surface area contributed by atoms with Gasteiger partial charge in [0.1, 0.15) is 18.5 Å². The number of esters is 2. The molecule has 0 aromatic carbocycles. The number of rotatable bonds is 32. The van der Waals surface area contributed by atoms with Crippen LogP contribution in [0.25, 0.3) is 0 Å². The molecule has 0 radical (unpaired) electrons. The first-order chi connectivity index (χ1) is 30.4. The Morgan fingerprint density at radius 2 is 1.29 bits per heavy atom. The lowest BCUT2D eigenvalue weighted by Crippen LogP contribution is -2.53. The van der Waals surface area contributed by atoms with Gasteiger partial charge in [0.05, 0.1) is 0 Å². The monoisotopic (exact) mass is 880 g/mol. The fourth-order valence-electron chi connectivity index (χ4n) is 11.6. The first-order valence-corrected chi connectivity index (χ1v) is 26.4. The van der Waals surface area contributed by atoms with Gasteiger partial charge in [0.25, 0.3) is 0 Å². The summed E-state index contributed by atoms with van der Waals surface area (Å²) in [6, 6.07) is 0. The number of carbonyl (C=O) groups is 5. The zero-order valence-electron chi connectivity index (χ0n) is 41.3. The van der Waals surface area contributed by atoms with Crippen molar-refractivity contribution < 1.29 is 33.4 Å². The number of ether oxygens (including phenoxy) is 2. The van der Waals surface area contributed by atoms with Crippen LogP contribution in [0.4, 0.5) is 0 Å². The summed E-state index contributed by atoms with van der Waals surface area (Å²) in [4.78, 5) is 61.8. The summed E-state index contributed by atoms with van der Waals surface area (Å²) in [6.07, 6.45) is 38.2. The second-order valence-electron chi connectivity index (χ2n) is 20.5. The average Bonchev–Trinajstić information content (AvgIpc) is 3.56. The first kappa shape index (κ1) is 54.7. The van der Waals surface area contributed by atoms with E-state index in [2.05, 4.69) is 46.4 Å². The van der Waals surface area contributed by atoms with Crippen molar-refractivity contribution in [3.8, 4) is 0 Å². The van der Waals surface area contributed by atoms with Crippen LogP contribution in [0.3, 0.4) is 0 Å². The molecule has 6 atom stereocenters. The van der Waals surface area contributed by atoms with E-state index in [-0.39, 0.29) is 47.2 Å². The Morgan fingerprint density at radius 3 is 1.89 bits per heavy atom. The second kappa shape index (κ2) is 30.6. The van der Waals surface area contributed by atoms with Crippen LogP contribution in [0.5, 0.6) is 0 Å². The molecule has 0 aromatic heterocycles. The lowest BCUT2D eigenvalue weighted by Gasteiger charge is -2.55. The third-order valence-electron chi connectivity index (χ3n) is 15.6. The molecule has 8 nitrogen and oxygen atoms in total. The van der Waals surface area contributed by atoms with Gasteiger partial charge in [0.2, 0.25) is 0 Å². The van der Waals surface area contributed by atoms with Crippen LogP contribution in [0.2, 0.25) is 0 Å². The molecule has 3 fully saturated rings. The van der Waals surface area contributed by atoms with Crippen LogP contribution in [-0.4, -0.2) is 67.0 Å². The van der Waals surface area contributed by atoms with E-state index in [1.807, 2.05) is 6.08 Å². The van der Waals surface area contributed by atoms with Crippen LogP contribution < -0.4 is 0 Å². The van der Waals surface area contributed by atoms with Gasteiger partial charge in [-0.05, 0) is 138 Å². The minimum absolute atomic E-state index is 0.00136. The van der Waals surface area contributed by atoms with E-state index < -0.39 is 0 Å². The lowest BCUT2D eigenvalue weighted by molar-refractivity contribution is -0.150. The Kier molecular flexibility index (Phi) is 26.6. The maximum absolute atomic E-state index is 13.1. The number of fused-ring (bicyclic) bond motifs is 5. The van der Waals surface area contributed by atoms with Crippen molar-refractivity contribution in [3.63, 3.8) is 0 Å². The summed E-state index contributed by atoms with van der Waals surface area (Å²) in [5, 5.41) is 0. The molecule has 0 saturated heterocycles. The molecule has 0 heterocycles. The highest BCUT2D eigenvalue weighted by Crippen LogP contribution is 2.64. The van der Waals surface area contributed by atoms with Gasteiger partial charge in [-0.1, -0.05) is 137 Å². The van der Waals surface area contributed by atoms with E-state index in [0.717, 1.165) is 90.3 Å². The van der Waals surface area contributed by atoms with Crippen LogP contribution in [0.1, 0.15) is 228 Å². The Balaban J connectivity index is 0.000000395. The summed E-state index contributed by atoms with van der Waals surface area (Å²) in [6.45, 7) is 16.7. The third-order valence-corrected chi connectivity index (χ3v) is 15.6. The van der Waals surface area contributed by atoms with Gasteiger partial charge in [-0.2, -0.15) is 0 Å². The maximum Gasteiger partial charge on any atom is 0.306 e. The standard InChI is InChI=1S/C35H67NO5.C20H26O2/c1-4-7-10-12-14-18-24-33(25-19-15-13-11-8-5-2)41-35(39)27-21-17-23-30-36(28-9-6-3)29-22-16-20-26-34(38)40-32-31-37;1-12-4-7-16-15-6-5-13-10-14(21)8-9-19(13,2)18(15)17(22)11-20(12,16)3/h31,33H,4-30,32H2,1-3H3;8-10,12,15-16,18H,4-7,11H2,1-3H3. The van der Waals surface area contributed by atoms with Crippen molar-refractivity contribution in [2.75, 3.05) is 26.2 Å². The van der Waals surface area contributed by atoms with Crippen LogP contribution >= 0.6 is 0 Å². The van der Waals surface area contributed by atoms with E-state index in [9.17, 15) is 24.0 Å². The summed E-state index contributed by atoms with van der Waals surface area (Å²) in [7, 11) is 0. The molecular formula is C55H93NO7. The zero-order chi connectivity index (χ0) is 45.9.